The Bertz CT molecular complexity index is 993. The molecule has 0 bridgehead atoms. The summed E-state index contributed by atoms with van der Waals surface area (Å²) in [5, 5.41) is 9.35. The van der Waals surface area contributed by atoms with Crippen LogP contribution in [0.5, 0.6) is 0 Å². The molecule has 2 aromatic heterocycles. The van der Waals surface area contributed by atoms with Crippen molar-refractivity contribution in [3.63, 3.8) is 0 Å². The molecule has 2 aromatic rings. The molecule has 1 unspecified atom stereocenters. The molecule has 1 N–H and O–H groups in total. The van der Waals surface area contributed by atoms with E-state index in [2.05, 4.69) is 14.7 Å². The van der Waals surface area contributed by atoms with Crippen LogP contribution in [0.2, 0.25) is 0 Å². The second-order valence-electron chi connectivity index (χ2n) is 7.14. The average molecular weight is 369 g/mol. The third-order valence-corrected chi connectivity index (χ3v) is 5.37. The lowest BCUT2D eigenvalue weighted by Crippen LogP contribution is -2.60. The van der Waals surface area contributed by atoms with Crippen LogP contribution in [-0.2, 0) is 11.8 Å². The maximum absolute atomic E-state index is 12.5. The van der Waals surface area contributed by atoms with E-state index in [0.717, 1.165) is 0 Å². The van der Waals surface area contributed by atoms with Crippen molar-refractivity contribution in [2.24, 2.45) is 7.05 Å². The van der Waals surface area contributed by atoms with Crippen LogP contribution in [0.25, 0.3) is 15.9 Å². The molecule has 0 saturated carbocycles. The number of carboxylic acid groups (broad SMARTS) is 1. The van der Waals surface area contributed by atoms with Crippen molar-refractivity contribution in [1.29, 1.82) is 0 Å². The lowest BCUT2D eigenvalue weighted by atomic mass is 10.0. The monoisotopic (exact) mass is 369 g/mol. The maximum atomic E-state index is 12.5. The van der Waals surface area contributed by atoms with Crippen LogP contribution in [0, 0.1) is 6.57 Å². The van der Waals surface area contributed by atoms with Crippen molar-refractivity contribution in [2.45, 2.75) is 38.9 Å². The van der Waals surface area contributed by atoms with Crippen molar-refractivity contribution >= 4 is 28.5 Å². The molecule has 3 heterocycles. The molecule has 27 heavy (non-hydrogen) atoms. The van der Waals surface area contributed by atoms with E-state index in [0.29, 0.717) is 29.8 Å². The quantitative estimate of drug-likeness (QED) is 0.832. The largest absolute Gasteiger partial charge is 0.480 e. The number of piperazine rings is 1. The fraction of sp³-hybridized carbons (Fsp3) is 0.474. The van der Waals surface area contributed by atoms with Gasteiger partial charge in [-0.15, -0.1) is 4.98 Å². The van der Waals surface area contributed by atoms with Crippen LogP contribution >= 0.6 is 0 Å². The molecule has 142 valence electrons. The van der Waals surface area contributed by atoms with Gasteiger partial charge in [-0.2, -0.15) is 0 Å². The topological polar surface area (TPSA) is 83.0 Å². The predicted molar refractivity (Wildman–Crippen MR) is 103 cm³/mol. The Labute approximate surface area is 157 Å². The summed E-state index contributed by atoms with van der Waals surface area (Å²) < 4.78 is 1.52. The number of carboxylic acids is 1. The number of rotatable bonds is 3. The fourth-order valence-corrected chi connectivity index (χ4v) is 3.75. The zero-order valence-corrected chi connectivity index (χ0v) is 15.9. The summed E-state index contributed by atoms with van der Waals surface area (Å²) in [5.74, 6) is -0.564. The van der Waals surface area contributed by atoms with Gasteiger partial charge in [-0.3, -0.25) is 14.5 Å². The predicted octanol–water partition coefficient (Wildman–Crippen LogP) is 1.86. The number of pyridine rings is 2. The van der Waals surface area contributed by atoms with Gasteiger partial charge in [0.15, 0.2) is 0 Å². The van der Waals surface area contributed by atoms with Gasteiger partial charge in [-0.25, -0.2) is 0 Å². The summed E-state index contributed by atoms with van der Waals surface area (Å²) in [7, 11) is 1.69. The molecule has 0 radical (unpaired) electrons. The van der Waals surface area contributed by atoms with E-state index >= 15 is 0 Å². The van der Waals surface area contributed by atoms with Crippen molar-refractivity contribution < 1.29 is 9.90 Å². The first kappa shape index (κ1) is 18.9. The first-order chi connectivity index (χ1) is 12.7. The highest BCUT2D eigenvalue weighted by molar-refractivity contribution is 5.89. The molecule has 3 atom stereocenters. The second kappa shape index (κ2) is 7.00. The Balaban J connectivity index is 2.08. The van der Waals surface area contributed by atoms with Crippen molar-refractivity contribution in [2.75, 3.05) is 18.0 Å². The molecular weight excluding hydrogens is 346 g/mol. The van der Waals surface area contributed by atoms with Crippen LogP contribution in [0.1, 0.15) is 20.8 Å². The van der Waals surface area contributed by atoms with Gasteiger partial charge in [0.05, 0.1) is 11.2 Å². The Kier molecular flexibility index (Phi) is 4.89. The molecule has 1 aliphatic heterocycles. The zero-order valence-electron chi connectivity index (χ0n) is 15.9. The minimum atomic E-state index is -0.843. The van der Waals surface area contributed by atoms with E-state index in [1.54, 1.807) is 32.2 Å². The number of aromatic nitrogens is 2. The SMILES string of the molecule is [C-]#[N+]c1ccc2c(n1)c(N1C[C@@H](C)N(C(C)C(=O)O)C[C@@H]1C)cc(=O)n2C. The summed E-state index contributed by atoms with van der Waals surface area (Å²) in [4.78, 5) is 35.8. The summed E-state index contributed by atoms with van der Waals surface area (Å²) in [5.41, 5.74) is 1.84. The van der Waals surface area contributed by atoms with E-state index in [4.69, 9.17) is 6.57 Å². The van der Waals surface area contributed by atoms with Gasteiger partial charge in [0, 0.05) is 38.3 Å². The first-order valence-corrected chi connectivity index (χ1v) is 8.88. The van der Waals surface area contributed by atoms with E-state index in [-0.39, 0.29) is 23.5 Å². The number of hydrogen-bond acceptors (Lipinski definition) is 5. The van der Waals surface area contributed by atoms with Crippen LogP contribution in [0.15, 0.2) is 23.0 Å². The second-order valence-corrected chi connectivity index (χ2v) is 7.14. The molecule has 1 fully saturated rings. The normalized spacial score (nSPS) is 21.8. The third-order valence-electron chi connectivity index (χ3n) is 5.37. The third kappa shape index (κ3) is 3.26. The van der Waals surface area contributed by atoms with E-state index in [9.17, 15) is 14.7 Å². The van der Waals surface area contributed by atoms with Crippen LogP contribution in [0.4, 0.5) is 11.5 Å². The van der Waals surface area contributed by atoms with Gasteiger partial charge >= 0.3 is 5.97 Å². The number of aryl methyl sites for hydroxylation is 1. The molecule has 1 aliphatic rings. The van der Waals surface area contributed by atoms with Crippen LogP contribution in [0.3, 0.4) is 0 Å². The number of carbonyl (C=O) groups is 1. The van der Waals surface area contributed by atoms with E-state index in [1.165, 1.54) is 4.57 Å². The smallest absolute Gasteiger partial charge is 0.320 e. The molecule has 3 rings (SSSR count). The lowest BCUT2D eigenvalue weighted by Gasteiger charge is -2.46. The molecule has 0 aliphatic carbocycles. The number of anilines is 1. The summed E-state index contributed by atoms with van der Waals surface area (Å²) in [6, 6.07) is 4.33. The van der Waals surface area contributed by atoms with Crippen LogP contribution in [-0.4, -0.2) is 56.7 Å². The molecular formula is C19H23N5O3. The van der Waals surface area contributed by atoms with Gasteiger partial charge in [-0.05, 0) is 32.9 Å². The average Bonchev–Trinajstić information content (AvgIpc) is 2.65. The zero-order chi connectivity index (χ0) is 19.9. The Morgan fingerprint density at radius 3 is 2.67 bits per heavy atom. The Hall–Kier alpha value is -2.92. The number of nitrogens with zero attached hydrogens (tertiary/aromatic N) is 5. The summed E-state index contributed by atoms with van der Waals surface area (Å²) in [6.45, 7) is 14.1. The highest BCUT2D eigenvalue weighted by Crippen LogP contribution is 2.30. The lowest BCUT2D eigenvalue weighted by molar-refractivity contribution is -0.143. The minimum Gasteiger partial charge on any atom is -0.480 e. The van der Waals surface area contributed by atoms with Gasteiger partial charge in [-0.1, -0.05) is 6.57 Å². The highest BCUT2D eigenvalue weighted by Gasteiger charge is 2.35. The summed E-state index contributed by atoms with van der Waals surface area (Å²) in [6.07, 6.45) is 0. The van der Waals surface area contributed by atoms with Crippen molar-refractivity contribution in [3.8, 4) is 0 Å². The Morgan fingerprint density at radius 2 is 2.04 bits per heavy atom. The number of fused-ring (bicyclic) bond motifs is 1. The van der Waals surface area contributed by atoms with Crippen LogP contribution < -0.4 is 10.5 Å². The molecule has 0 amide bonds. The fourth-order valence-electron chi connectivity index (χ4n) is 3.75. The molecule has 0 aromatic carbocycles. The van der Waals surface area contributed by atoms with Gasteiger partial charge < -0.3 is 19.4 Å². The Morgan fingerprint density at radius 1 is 1.33 bits per heavy atom. The van der Waals surface area contributed by atoms with E-state index in [1.807, 2.05) is 18.7 Å². The minimum absolute atomic E-state index is 0.00305. The van der Waals surface area contributed by atoms with Crippen molar-refractivity contribution in [1.82, 2.24) is 14.5 Å². The van der Waals surface area contributed by atoms with Gasteiger partial charge in [0.1, 0.15) is 6.04 Å². The molecule has 1 saturated heterocycles. The molecule has 8 nitrogen and oxygen atoms in total. The summed E-state index contributed by atoms with van der Waals surface area (Å²) >= 11 is 0. The number of aliphatic carboxylic acids is 1. The molecule has 8 heteroatoms. The van der Waals surface area contributed by atoms with E-state index < -0.39 is 12.0 Å². The standard InChI is InChI=1S/C19H23N5O3/c1-11-10-24(12(2)9-23(11)13(3)19(26)27)15-8-17(25)22(5)14-6-7-16(20-4)21-18(14)15/h6-8,11-13H,9-10H2,1-3,5H3,(H,26,27)/t11-,12+,13?/m1/s1. The van der Waals surface area contributed by atoms with Gasteiger partial charge in [0.25, 0.3) is 11.4 Å². The molecule has 0 spiro atoms. The number of hydrogen-bond donors (Lipinski definition) is 1. The van der Waals surface area contributed by atoms with Gasteiger partial charge in [0.2, 0.25) is 5.52 Å². The van der Waals surface area contributed by atoms with Crippen molar-refractivity contribution in [3.05, 3.63) is 40.0 Å². The first-order valence-electron chi connectivity index (χ1n) is 8.88. The maximum Gasteiger partial charge on any atom is 0.320 e. The highest BCUT2D eigenvalue weighted by atomic mass is 16.4.